The summed E-state index contributed by atoms with van der Waals surface area (Å²) in [5.74, 6) is 1.80. The molecule has 1 heterocycles. The Labute approximate surface area is 166 Å². The van der Waals surface area contributed by atoms with Crippen molar-refractivity contribution < 1.29 is 19.0 Å². The van der Waals surface area contributed by atoms with E-state index in [0.717, 1.165) is 11.3 Å². The fourth-order valence-electron chi connectivity index (χ4n) is 2.36. The van der Waals surface area contributed by atoms with Gasteiger partial charge in [0, 0.05) is 17.3 Å². The van der Waals surface area contributed by atoms with Crippen LogP contribution in [0.1, 0.15) is 15.2 Å². The highest BCUT2D eigenvalue weighted by Crippen LogP contribution is 2.28. The molecule has 0 unspecified atom stereocenters. The Kier molecular flexibility index (Phi) is 6.21. The van der Waals surface area contributed by atoms with Gasteiger partial charge in [0.1, 0.15) is 23.9 Å². The number of anilines is 1. The van der Waals surface area contributed by atoms with Gasteiger partial charge in [0.2, 0.25) is 0 Å². The van der Waals surface area contributed by atoms with Crippen LogP contribution in [0.3, 0.4) is 0 Å². The van der Waals surface area contributed by atoms with E-state index in [1.54, 1.807) is 32.4 Å². The van der Waals surface area contributed by atoms with E-state index in [1.807, 2.05) is 35.7 Å². The van der Waals surface area contributed by atoms with Crippen molar-refractivity contribution >= 4 is 34.5 Å². The van der Waals surface area contributed by atoms with Crippen molar-refractivity contribution in [2.75, 3.05) is 19.5 Å². The number of carbonyl (C=O) groups is 1. The van der Waals surface area contributed by atoms with Crippen LogP contribution in [-0.2, 0) is 6.61 Å². The summed E-state index contributed by atoms with van der Waals surface area (Å²) in [6.45, 7) is 0.366. The second kappa shape index (κ2) is 8.79. The lowest BCUT2D eigenvalue weighted by Crippen LogP contribution is -2.10. The summed E-state index contributed by atoms with van der Waals surface area (Å²) in [4.78, 5) is 13.0. The monoisotopic (exact) mass is 403 g/mol. The van der Waals surface area contributed by atoms with E-state index in [4.69, 9.17) is 25.8 Å². The van der Waals surface area contributed by atoms with Crippen molar-refractivity contribution in [3.05, 3.63) is 69.4 Å². The van der Waals surface area contributed by atoms with Crippen LogP contribution in [0.5, 0.6) is 17.2 Å². The molecule has 1 amide bonds. The van der Waals surface area contributed by atoms with Gasteiger partial charge in [-0.05, 0) is 41.8 Å². The first kappa shape index (κ1) is 19.1. The number of amides is 1. The smallest absolute Gasteiger partial charge is 0.265 e. The maximum absolute atomic E-state index is 12.4. The summed E-state index contributed by atoms with van der Waals surface area (Å²) in [6, 6.07) is 14.3. The van der Waals surface area contributed by atoms with Gasteiger partial charge >= 0.3 is 0 Å². The molecule has 27 heavy (non-hydrogen) atoms. The van der Waals surface area contributed by atoms with Crippen molar-refractivity contribution in [3.63, 3.8) is 0 Å². The van der Waals surface area contributed by atoms with Crippen LogP contribution in [-0.4, -0.2) is 20.1 Å². The quantitative estimate of drug-likeness (QED) is 0.585. The molecule has 0 atom stereocenters. The highest BCUT2D eigenvalue weighted by Gasteiger charge is 2.11. The highest BCUT2D eigenvalue weighted by atomic mass is 35.5. The Hall–Kier alpha value is -2.70. The maximum atomic E-state index is 12.4. The van der Waals surface area contributed by atoms with E-state index < -0.39 is 0 Å². The Morgan fingerprint density at radius 3 is 2.63 bits per heavy atom. The average molecular weight is 404 g/mol. The van der Waals surface area contributed by atoms with Gasteiger partial charge in [-0.25, -0.2) is 0 Å². The SMILES string of the molecule is COc1cccc(OCc2csc(C(=O)Nc3ccc(OC)c(Cl)c3)c2)c1. The molecule has 0 saturated carbocycles. The van der Waals surface area contributed by atoms with Crippen molar-refractivity contribution in [2.45, 2.75) is 6.61 Å². The molecule has 2 aromatic carbocycles. The number of rotatable bonds is 7. The Balaban J connectivity index is 1.61. The first-order chi connectivity index (χ1) is 13.1. The maximum Gasteiger partial charge on any atom is 0.265 e. The Bertz CT molecular complexity index is 941. The molecule has 1 N–H and O–H groups in total. The normalized spacial score (nSPS) is 10.3. The molecule has 3 aromatic rings. The largest absolute Gasteiger partial charge is 0.497 e. The van der Waals surface area contributed by atoms with Gasteiger partial charge in [-0.2, -0.15) is 0 Å². The van der Waals surface area contributed by atoms with Crippen molar-refractivity contribution in [2.24, 2.45) is 0 Å². The van der Waals surface area contributed by atoms with E-state index in [0.29, 0.717) is 33.7 Å². The van der Waals surface area contributed by atoms with Crippen LogP contribution in [0.15, 0.2) is 53.9 Å². The Morgan fingerprint density at radius 2 is 1.89 bits per heavy atom. The lowest BCUT2D eigenvalue weighted by atomic mass is 10.2. The minimum atomic E-state index is -0.200. The van der Waals surface area contributed by atoms with Gasteiger partial charge in [0.25, 0.3) is 5.91 Å². The molecular formula is C20H18ClNO4S. The standard InChI is InChI=1S/C20H18ClNO4S/c1-24-15-4-3-5-16(10-15)26-11-13-8-19(27-12-13)20(23)22-14-6-7-18(25-2)17(21)9-14/h3-10,12H,11H2,1-2H3,(H,22,23). The lowest BCUT2D eigenvalue weighted by Gasteiger charge is -2.07. The molecule has 0 aliphatic heterocycles. The number of benzene rings is 2. The number of nitrogens with one attached hydrogen (secondary N) is 1. The van der Waals surface area contributed by atoms with E-state index >= 15 is 0 Å². The first-order valence-corrected chi connectivity index (χ1v) is 9.34. The number of thiophene rings is 1. The van der Waals surface area contributed by atoms with Gasteiger partial charge in [0.05, 0.1) is 24.1 Å². The molecule has 5 nitrogen and oxygen atoms in total. The molecule has 0 bridgehead atoms. The van der Waals surface area contributed by atoms with Crippen LogP contribution in [0.2, 0.25) is 5.02 Å². The van der Waals surface area contributed by atoms with Gasteiger partial charge in [-0.15, -0.1) is 11.3 Å². The molecular weight excluding hydrogens is 386 g/mol. The molecule has 0 radical (unpaired) electrons. The summed E-state index contributed by atoms with van der Waals surface area (Å²) in [7, 11) is 3.15. The number of hydrogen-bond acceptors (Lipinski definition) is 5. The molecule has 0 aliphatic rings. The fraction of sp³-hybridized carbons (Fsp3) is 0.150. The van der Waals surface area contributed by atoms with E-state index in [2.05, 4.69) is 5.32 Å². The number of halogens is 1. The minimum absolute atomic E-state index is 0.200. The summed E-state index contributed by atoms with van der Waals surface area (Å²) >= 11 is 7.44. The summed E-state index contributed by atoms with van der Waals surface area (Å²) in [6.07, 6.45) is 0. The predicted molar refractivity (Wildman–Crippen MR) is 108 cm³/mol. The summed E-state index contributed by atoms with van der Waals surface area (Å²) in [5, 5.41) is 5.16. The third kappa shape index (κ3) is 4.93. The van der Waals surface area contributed by atoms with E-state index in [9.17, 15) is 4.79 Å². The van der Waals surface area contributed by atoms with Crippen LogP contribution in [0, 0.1) is 0 Å². The molecule has 7 heteroatoms. The van der Waals surface area contributed by atoms with Crippen LogP contribution >= 0.6 is 22.9 Å². The zero-order valence-corrected chi connectivity index (χ0v) is 16.4. The van der Waals surface area contributed by atoms with Crippen molar-refractivity contribution in [3.8, 4) is 17.2 Å². The van der Waals surface area contributed by atoms with Gasteiger partial charge < -0.3 is 19.5 Å². The number of hydrogen-bond donors (Lipinski definition) is 1. The third-order valence-electron chi connectivity index (χ3n) is 3.73. The second-order valence-electron chi connectivity index (χ2n) is 5.59. The first-order valence-electron chi connectivity index (χ1n) is 8.08. The zero-order valence-electron chi connectivity index (χ0n) is 14.8. The second-order valence-corrected chi connectivity index (χ2v) is 6.91. The lowest BCUT2D eigenvalue weighted by molar-refractivity contribution is 0.103. The van der Waals surface area contributed by atoms with Crippen LogP contribution < -0.4 is 19.5 Å². The molecule has 0 spiro atoms. The molecule has 0 saturated heterocycles. The van der Waals surface area contributed by atoms with Gasteiger partial charge in [0.15, 0.2) is 0 Å². The number of ether oxygens (including phenoxy) is 3. The molecule has 0 fully saturated rings. The average Bonchev–Trinajstić information content (AvgIpc) is 3.16. The van der Waals surface area contributed by atoms with E-state index in [1.165, 1.54) is 11.3 Å². The minimum Gasteiger partial charge on any atom is -0.497 e. The summed E-state index contributed by atoms with van der Waals surface area (Å²) in [5.41, 5.74) is 1.52. The molecule has 1 aromatic heterocycles. The van der Waals surface area contributed by atoms with E-state index in [-0.39, 0.29) is 5.91 Å². The summed E-state index contributed by atoms with van der Waals surface area (Å²) < 4.78 is 16.0. The van der Waals surface area contributed by atoms with Gasteiger partial charge in [-0.3, -0.25) is 4.79 Å². The Morgan fingerprint density at radius 1 is 1.07 bits per heavy atom. The molecule has 0 aliphatic carbocycles. The third-order valence-corrected chi connectivity index (χ3v) is 5.01. The predicted octanol–water partition coefficient (Wildman–Crippen LogP) is 5.25. The molecule has 140 valence electrons. The van der Waals surface area contributed by atoms with Crippen LogP contribution in [0.4, 0.5) is 5.69 Å². The topological polar surface area (TPSA) is 56.8 Å². The van der Waals surface area contributed by atoms with Crippen LogP contribution in [0.25, 0.3) is 0 Å². The fourth-order valence-corrected chi connectivity index (χ4v) is 3.41. The van der Waals surface area contributed by atoms with Crippen molar-refractivity contribution in [1.82, 2.24) is 0 Å². The van der Waals surface area contributed by atoms with Crippen molar-refractivity contribution in [1.29, 1.82) is 0 Å². The number of carbonyl (C=O) groups excluding carboxylic acids is 1. The number of methoxy groups -OCH3 is 2. The zero-order chi connectivity index (χ0) is 19.2. The van der Waals surface area contributed by atoms with Gasteiger partial charge in [-0.1, -0.05) is 17.7 Å². The molecule has 3 rings (SSSR count). The highest BCUT2D eigenvalue weighted by molar-refractivity contribution is 7.12.